The molecule has 1 aliphatic heterocycles. The van der Waals surface area contributed by atoms with E-state index >= 15 is 0 Å². The number of hydrogen-bond donors (Lipinski definition) is 0. The summed E-state index contributed by atoms with van der Waals surface area (Å²) in [5.41, 5.74) is 5.32. The van der Waals surface area contributed by atoms with Crippen molar-refractivity contribution < 1.29 is 13.7 Å². The predicted molar refractivity (Wildman–Crippen MR) is 150 cm³/mol. The van der Waals surface area contributed by atoms with Gasteiger partial charge in [0.1, 0.15) is 17.3 Å². The molecular weight excluding hydrogens is 529 g/mol. The van der Waals surface area contributed by atoms with Crippen LogP contribution in [0.1, 0.15) is 34.9 Å². The molecule has 7 rings (SSSR count). The van der Waals surface area contributed by atoms with Gasteiger partial charge in [-0.1, -0.05) is 59.9 Å². The summed E-state index contributed by atoms with van der Waals surface area (Å²) in [4.78, 5) is 30.1. The third kappa shape index (κ3) is 4.02. The first-order valence-electron chi connectivity index (χ1n) is 12.7. The Bertz CT molecular complexity index is 2040. The van der Waals surface area contributed by atoms with E-state index in [4.69, 9.17) is 9.41 Å². The molecule has 7 nitrogen and oxygen atoms in total. The molecule has 0 radical (unpaired) electrons. The standard InChI is InChI=1S/C31H20FN3O4S/c32-21-11-8-19(9-12-21)29-25-14-10-18-4-1-2-7-24(18)28(25)33-31-34(29)30(36)27(40-31)17-23-13-15-26(39-23)20-5-3-6-22(16-20)35(37)38/h1-9,11-13,15-17,29H,10,14H2/b27-17+/t29-/m1/s1. The van der Waals surface area contributed by atoms with Crippen LogP contribution in [-0.2, 0) is 6.42 Å². The summed E-state index contributed by atoms with van der Waals surface area (Å²) in [6.07, 6.45) is 3.25. The molecule has 9 heteroatoms. The van der Waals surface area contributed by atoms with Crippen molar-refractivity contribution in [2.45, 2.75) is 18.9 Å². The van der Waals surface area contributed by atoms with E-state index in [1.54, 1.807) is 47.0 Å². The summed E-state index contributed by atoms with van der Waals surface area (Å²) < 4.78 is 21.9. The number of allylic oxidation sites excluding steroid dienone is 1. The quantitative estimate of drug-likeness (QED) is 0.215. The van der Waals surface area contributed by atoms with Crippen LogP contribution in [0.3, 0.4) is 0 Å². The number of furan rings is 1. The van der Waals surface area contributed by atoms with Crippen molar-refractivity contribution in [3.05, 3.63) is 149 Å². The molecule has 2 aromatic heterocycles. The number of nitro groups is 1. The number of non-ortho nitro benzene ring substituents is 1. The molecule has 1 atom stereocenters. The zero-order valence-corrected chi connectivity index (χ0v) is 21.7. The van der Waals surface area contributed by atoms with Crippen molar-refractivity contribution in [2.75, 3.05) is 0 Å². The van der Waals surface area contributed by atoms with Gasteiger partial charge in [-0.15, -0.1) is 0 Å². The highest BCUT2D eigenvalue weighted by molar-refractivity contribution is 7.07. The van der Waals surface area contributed by atoms with E-state index in [2.05, 4.69) is 12.1 Å². The zero-order valence-electron chi connectivity index (χ0n) is 20.9. The van der Waals surface area contributed by atoms with Gasteiger partial charge in [-0.3, -0.25) is 19.5 Å². The average Bonchev–Trinajstić information content (AvgIpc) is 3.57. The maximum atomic E-state index is 13.9. The Morgan fingerprint density at radius 2 is 1.85 bits per heavy atom. The smallest absolute Gasteiger partial charge is 0.271 e. The molecule has 0 fully saturated rings. The Morgan fingerprint density at radius 1 is 1.02 bits per heavy atom. The molecule has 3 heterocycles. The monoisotopic (exact) mass is 549 g/mol. The number of hydrogen-bond acceptors (Lipinski definition) is 6. The van der Waals surface area contributed by atoms with Crippen LogP contribution in [-0.4, -0.2) is 9.49 Å². The van der Waals surface area contributed by atoms with Crippen LogP contribution in [0.5, 0.6) is 0 Å². The highest BCUT2D eigenvalue weighted by Gasteiger charge is 2.32. The summed E-state index contributed by atoms with van der Waals surface area (Å²) in [5.74, 6) is 0.565. The molecule has 3 aromatic carbocycles. The van der Waals surface area contributed by atoms with E-state index in [1.807, 2.05) is 12.1 Å². The molecule has 0 saturated heterocycles. The fraction of sp³-hybridized carbons (Fsp3) is 0.0968. The summed E-state index contributed by atoms with van der Waals surface area (Å²) in [6, 6.07) is 23.7. The van der Waals surface area contributed by atoms with Gasteiger partial charge in [0, 0.05) is 29.3 Å². The number of fused-ring (bicyclic) bond motifs is 3. The average molecular weight is 550 g/mol. The first kappa shape index (κ1) is 24.2. The number of aryl methyl sites for hydroxylation is 1. The molecular formula is C31H20FN3O4S. The molecule has 0 unspecified atom stereocenters. The van der Waals surface area contributed by atoms with E-state index in [1.165, 1.54) is 41.2 Å². The summed E-state index contributed by atoms with van der Waals surface area (Å²) >= 11 is 1.27. The van der Waals surface area contributed by atoms with Crippen LogP contribution in [0, 0.1) is 15.9 Å². The van der Waals surface area contributed by atoms with Crippen molar-refractivity contribution in [2.24, 2.45) is 4.99 Å². The second kappa shape index (κ2) is 9.39. The molecule has 0 saturated carbocycles. The van der Waals surface area contributed by atoms with Gasteiger partial charge in [-0.2, -0.15) is 0 Å². The highest BCUT2D eigenvalue weighted by atomic mass is 32.1. The second-order valence-corrected chi connectivity index (χ2v) is 10.7. The van der Waals surface area contributed by atoms with Gasteiger partial charge in [0.25, 0.3) is 11.2 Å². The molecule has 40 heavy (non-hydrogen) atoms. The molecule has 0 N–H and O–H groups in total. The first-order valence-corrected chi connectivity index (χ1v) is 13.5. The highest BCUT2D eigenvalue weighted by Crippen LogP contribution is 2.41. The van der Waals surface area contributed by atoms with Crippen LogP contribution in [0.2, 0.25) is 0 Å². The summed E-state index contributed by atoms with van der Waals surface area (Å²) in [6.45, 7) is 0. The number of benzene rings is 3. The Balaban J connectivity index is 1.37. The van der Waals surface area contributed by atoms with Gasteiger partial charge in [0.2, 0.25) is 0 Å². The molecule has 1 aliphatic carbocycles. The molecule has 0 bridgehead atoms. The van der Waals surface area contributed by atoms with Crippen molar-refractivity contribution in [3.63, 3.8) is 0 Å². The van der Waals surface area contributed by atoms with Crippen LogP contribution < -0.4 is 14.9 Å². The SMILES string of the molecule is O=c1/c(=C\c2ccc(-c3cccc([N+](=O)[O-])c3)o2)sc2n1[C@H](c1ccc(F)cc1)C1=C(N=2)c2ccccc2CC1. The zero-order chi connectivity index (χ0) is 27.4. The second-order valence-electron chi connectivity index (χ2n) is 9.67. The number of thiazole rings is 1. The number of halogens is 1. The van der Waals surface area contributed by atoms with Crippen LogP contribution in [0.25, 0.3) is 23.1 Å². The van der Waals surface area contributed by atoms with E-state index < -0.39 is 11.0 Å². The maximum Gasteiger partial charge on any atom is 0.271 e. The van der Waals surface area contributed by atoms with E-state index in [9.17, 15) is 19.3 Å². The third-order valence-corrected chi connectivity index (χ3v) is 8.28. The Morgan fingerprint density at radius 3 is 2.67 bits per heavy atom. The molecule has 2 aliphatic rings. The lowest BCUT2D eigenvalue weighted by Gasteiger charge is -2.30. The third-order valence-electron chi connectivity index (χ3n) is 7.30. The number of rotatable bonds is 4. The van der Waals surface area contributed by atoms with Gasteiger partial charge in [-0.05, 0) is 53.8 Å². The van der Waals surface area contributed by atoms with Gasteiger partial charge >= 0.3 is 0 Å². The molecule has 196 valence electrons. The van der Waals surface area contributed by atoms with Gasteiger partial charge in [-0.25, -0.2) is 9.38 Å². The summed E-state index contributed by atoms with van der Waals surface area (Å²) in [5, 5.41) is 11.2. The van der Waals surface area contributed by atoms with E-state index in [-0.39, 0.29) is 17.1 Å². The Hall–Kier alpha value is -4.89. The number of aromatic nitrogens is 1. The van der Waals surface area contributed by atoms with Crippen molar-refractivity contribution in [3.8, 4) is 11.3 Å². The molecule has 5 aromatic rings. The Kier molecular flexibility index (Phi) is 5.67. The molecule has 0 amide bonds. The van der Waals surface area contributed by atoms with E-state index in [0.29, 0.717) is 26.4 Å². The maximum absolute atomic E-state index is 13.9. The number of nitro benzene ring substituents is 1. The number of nitrogens with zero attached hydrogens (tertiary/aromatic N) is 3. The lowest BCUT2D eigenvalue weighted by molar-refractivity contribution is -0.384. The van der Waals surface area contributed by atoms with Crippen molar-refractivity contribution in [1.82, 2.24) is 4.57 Å². The van der Waals surface area contributed by atoms with Crippen molar-refractivity contribution >= 4 is 28.8 Å². The normalized spacial score (nSPS) is 16.2. The minimum absolute atomic E-state index is 0.0323. The topological polar surface area (TPSA) is 90.6 Å². The fourth-order valence-corrected chi connectivity index (χ4v) is 6.44. The lowest BCUT2D eigenvalue weighted by Crippen LogP contribution is -2.38. The first-order chi connectivity index (χ1) is 19.5. The van der Waals surface area contributed by atoms with Crippen molar-refractivity contribution in [1.29, 1.82) is 0 Å². The predicted octanol–water partition coefficient (Wildman–Crippen LogP) is 5.63. The van der Waals surface area contributed by atoms with E-state index in [0.717, 1.165) is 35.2 Å². The largest absolute Gasteiger partial charge is 0.457 e. The van der Waals surface area contributed by atoms with Crippen LogP contribution in [0.15, 0.2) is 105 Å². The Labute approximate surface area is 230 Å². The van der Waals surface area contributed by atoms with Gasteiger partial charge in [0.15, 0.2) is 4.80 Å². The van der Waals surface area contributed by atoms with Crippen LogP contribution >= 0.6 is 11.3 Å². The van der Waals surface area contributed by atoms with Gasteiger partial charge < -0.3 is 4.42 Å². The fourth-order valence-electron chi connectivity index (χ4n) is 5.45. The lowest BCUT2D eigenvalue weighted by atomic mass is 9.83. The summed E-state index contributed by atoms with van der Waals surface area (Å²) in [7, 11) is 0. The molecule has 0 spiro atoms. The van der Waals surface area contributed by atoms with Gasteiger partial charge in [0.05, 0.1) is 21.2 Å². The van der Waals surface area contributed by atoms with Crippen LogP contribution in [0.4, 0.5) is 10.1 Å². The minimum Gasteiger partial charge on any atom is -0.457 e. The minimum atomic E-state index is -0.455.